The summed E-state index contributed by atoms with van der Waals surface area (Å²) >= 11 is 0. The number of carboxylic acid groups (broad SMARTS) is 1. The molecule has 10 nitrogen and oxygen atoms in total. The molecule has 41 heavy (non-hydrogen) atoms. The second kappa shape index (κ2) is 11.6. The molecule has 2 aromatic rings. The van der Waals surface area contributed by atoms with Gasteiger partial charge in [0.25, 0.3) is 0 Å². The Kier molecular flexibility index (Phi) is 8.11. The summed E-state index contributed by atoms with van der Waals surface area (Å²) in [6.45, 7) is 4.82. The van der Waals surface area contributed by atoms with E-state index in [1.165, 1.54) is 0 Å². The van der Waals surface area contributed by atoms with Crippen molar-refractivity contribution in [1.82, 2.24) is 15.2 Å². The number of carbonyl (C=O) groups excluding carboxylic acids is 2. The third kappa shape index (κ3) is 5.56. The number of carbonyl (C=O) groups is 3. The third-order valence-corrected chi connectivity index (χ3v) is 8.70. The summed E-state index contributed by atoms with van der Waals surface area (Å²) in [5.41, 5.74) is 0.214. The van der Waals surface area contributed by atoms with Gasteiger partial charge in [-0.25, -0.2) is 9.78 Å². The van der Waals surface area contributed by atoms with E-state index in [1.54, 1.807) is 25.1 Å². The molecule has 2 fully saturated rings. The molecule has 0 saturated heterocycles. The summed E-state index contributed by atoms with van der Waals surface area (Å²) in [4.78, 5) is 45.9. The van der Waals surface area contributed by atoms with Crippen molar-refractivity contribution in [3.8, 4) is 17.4 Å². The van der Waals surface area contributed by atoms with Crippen LogP contribution in [0.4, 0.5) is 0 Å². The summed E-state index contributed by atoms with van der Waals surface area (Å²) in [6.07, 6.45) is 6.97. The molecule has 0 spiro atoms. The van der Waals surface area contributed by atoms with Gasteiger partial charge in [0.15, 0.2) is 0 Å². The van der Waals surface area contributed by atoms with Gasteiger partial charge >= 0.3 is 5.97 Å². The first-order chi connectivity index (χ1) is 19.7. The average Bonchev–Trinajstić information content (AvgIpc) is 3.48. The molecular weight excluding hydrogens is 526 g/mol. The fourth-order valence-electron chi connectivity index (χ4n) is 6.27. The molecular formula is C31H39N3O7. The smallest absolute Gasteiger partial charge is 0.330 e. The van der Waals surface area contributed by atoms with Gasteiger partial charge in [0.1, 0.15) is 23.1 Å². The number of fused-ring (bicyclic) bond motifs is 3. The second-order valence-electron chi connectivity index (χ2n) is 11.4. The molecule has 220 valence electrons. The molecule has 1 aromatic carbocycles. The lowest BCUT2D eigenvalue weighted by molar-refractivity contribution is -0.145. The van der Waals surface area contributed by atoms with Crippen molar-refractivity contribution in [2.45, 2.75) is 64.0 Å². The minimum Gasteiger partial charge on any atom is -0.496 e. The van der Waals surface area contributed by atoms with Gasteiger partial charge < -0.3 is 29.5 Å². The van der Waals surface area contributed by atoms with Crippen LogP contribution in [0.2, 0.25) is 0 Å². The van der Waals surface area contributed by atoms with Crippen LogP contribution in [0.5, 0.6) is 17.4 Å². The quantitative estimate of drug-likeness (QED) is 0.505. The summed E-state index contributed by atoms with van der Waals surface area (Å²) < 4.78 is 17.7. The predicted molar refractivity (Wildman–Crippen MR) is 152 cm³/mol. The number of aryl methyl sites for hydroxylation is 1. The number of rotatable bonds is 6. The average molecular weight is 566 g/mol. The zero-order valence-corrected chi connectivity index (χ0v) is 24.1. The van der Waals surface area contributed by atoms with Crippen molar-refractivity contribution < 1.29 is 33.7 Å². The fraction of sp³-hybridized carbons (Fsp3) is 0.548. The predicted octanol–water partition coefficient (Wildman–Crippen LogP) is 3.88. The van der Waals surface area contributed by atoms with Gasteiger partial charge in [-0.1, -0.05) is 12.2 Å². The number of benzene rings is 1. The lowest BCUT2D eigenvalue weighted by Crippen LogP contribution is -2.49. The van der Waals surface area contributed by atoms with Crippen molar-refractivity contribution >= 4 is 28.7 Å². The first kappa shape index (κ1) is 28.7. The van der Waals surface area contributed by atoms with Gasteiger partial charge in [0.2, 0.25) is 17.7 Å². The fourth-order valence-corrected chi connectivity index (χ4v) is 6.27. The Morgan fingerprint density at radius 2 is 1.98 bits per heavy atom. The van der Waals surface area contributed by atoms with Crippen LogP contribution in [-0.2, 0) is 14.4 Å². The zero-order chi connectivity index (χ0) is 29.3. The minimum atomic E-state index is -1.32. The Morgan fingerprint density at radius 1 is 1.20 bits per heavy atom. The molecule has 1 aliphatic heterocycles. The van der Waals surface area contributed by atoms with E-state index in [2.05, 4.69) is 10.3 Å². The molecule has 2 heterocycles. The van der Waals surface area contributed by atoms with Gasteiger partial charge in [-0.2, -0.15) is 0 Å². The number of amides is 2. The Hall–Kier alpha value is -3.82. The highest BCUT2D eigenvalue weighted by Crippen LogP contribution is 2.47. The largest absolute Gasteiger partial charge is 0.496 e. The molecule has 2 saturated carbocycles. The number of nitrogens with zero attached hydrogens (tertiary/aromatic N) is 2. The maximum atomic E-state index is 13.7. The summed E-state index contributed by atoms with van der Waals surface area (Å²) in [6, 6.07) is 5.48. The lowest BCUT2D eigenvalue weighted by atomic mass is 9.93. The number of methoxy groups -OCH3 is 1. The van der Waals surface area contributed by atoms with Crippen LogP contribution in [0.3, 0.4) is 0 Å². The molecule has 10 heteroatoms. The molecule has 0 bridgehead atoms. The molecule has 1 aromatic heterocycles. The number of ether oxygens (including phenoxy) is 3. The summed E-state index contributed by atoms with van der Waals surface area (Å²) in [7, 11) is 3.37. The van der Waals surface area contributed by atoms with Crippen LogP contribution in [0.25, 0.3) is 10.9 Å². The Labute approximate surface area is 240 Å². The minimum absolute atomic E-state index is 0.115. The van der Waals surface area contributed by atoms with E-state index < -0.39 is 35.4 Å². The number of carboxylic acids is 1. The van der Waals surface area contributed by atoms with Crippen LogP contribution < -0.4 is 19.5 Å². The molecule has 0 radical (unpaired) electrons. The van der Waals surface area contributed by atoms with Crippen molar-refractivity contribution in [3.63, 3.8) is 0 Å². The van der Waals surface area contributed by atoms with E-state index in [0.29, 0.717) is 48.9 Å². The lowest BCUT2D eigenvalue weighted by Gasteiger charge is -2.26. The number of hydrogen-bond acceptors (Lipinski definition) is 7. The molecule has 2 N–H and O–H groups in total. The topological polar surface area (TPSA) is 127 Å². The number of hydrogen-bond donors (Lipinski definition) is 2. The van der Waals surface area contributed by atoms with E-state index in [1.807, 2.05) is 38.1 Å². The van der Waals surface area contributed by atoms with Crippen LogP contribution in [0.15, 0.2) is 30.4 Å². The Balaban J connectivity index is 1.46. The van der Waals surface area contributed by atoms with Crippen LogP contribution >= 0.6 is 0 Å². The van der Waals surface area contributed by atoms with Crippen LogP contribution in [0.1, 0.15) is 51.0 Å². The molecule has 2 amide bonds. The standard InChI is InChI=1S/C31H39N3O7/c1-5-40-26-16-25(21-11-12-24(39-4)18(2)27(21)32-26)41-20-14-22-23(15-20)29(36)34(3)13-9-7-6-8-10-19-17-31(19,30(37)38)33-28(22)35/h8,10-12,16,19-20,22-23H,5-7,9,13-15,17H2,1-4H3,(H,33,35)(H,37,38)/b10-8-/t19-,20-,22-,23-,31+/m1/s1. The van der Waals surface area contributed by atoms with Gasteiger partial charge in [-0.3, -0.25) is 9.59 Å². The summed E-state index contributed by atoms with van der Waals surface area (Å²) in [5, 5.41) is 13.6. The highest BCUT2D eigenvalue weighted by molar-refractivity contribution is 5.94. The van der Waals surface area contributed by atoms with E-state index in [9.17, 15) is 19.5 Å². The number of aliphatic carboxylic acids is 1. The maximum Gasteiger partial charge on any atom is 0.330 e. The Morgan fingerprint density at radius 3 is 2.71 bits per heavy atom. The first-order valence-electron chi connectivity index (χ1n) is 14.4. The van der Waals surface area contributed by atoms with Gasteiger partial charge in [-0.15, -0.1) is 0 Å². The van der Waals surface area contributed by atoms with Crippen LogP contribution in [0, 0.1) is 24.7 Å². The molecule has 2 aliphatic carbocycles. The molecule has 5 atom stereocenters. The van der Waals surface area contributed by atoms with Crippen molar-refractivity contribution in [3.05, 3.63) is 35.9 Å². The summed E-state index contributed by atoms with van der Waals surface area (Å²) in [5.74, 6) is -1.49. The highest BCUT2D eigenvalue weighted by Gasteiger charge is 2.61. The second-order valence-corrected chi connectivity index (χ2v) is 11.4. The third-order valence-electron chi connectivity index (χ3n) is 8.70. The van der Waals surface area contributed by atoms with Gasteiger partial charge in [0, 0.05) is 36.5 Å². The van der Waals surface area contributed by atoms with Crippen molar-refractivity contribution in [2.24, 2.45) is 17.8 Å². The van der Waals surface area contributed by atoms with E-state index in [4.69, 9.17) is 14.2 Å². The normalized spacial score (nSPS) is 29.1. The van der Waals surface area contributed by atoms with Gasteiger partial charge in [-0.05, 0) is 64.5 Å². The van der Waals surface area contributed by atoms with Crippen molar-refractivity contribution in [2.75, 3.05) is 27.3 Å². The number of allylic oxidation sites excluding steroid dienone is 1. The molecule has 5 rings (SSSR count). The maximum absolute atomic E-state index is 13.7. The van der Waals surface area contributed by atoms with Crippen LogP contribution in [-0.4, -0.2) is 71.7 Å². The molecule has 3 aliphatic rings. The highest BCUT2D eigenvalue weighted by atomic mass is 16.5. The number of pyridine rings is 1. The van der Waals surface area contributed by atoms with Gasteiger partial charge in [0.05, 0.1) is 31.1 Å². The SMILES string of the molecule is CCOc1cc(O[C@@H]2C[C@H]3C(=O)N[C@@]4(C(=O)O)C[C@H]4/C=C\CCCCN(C)C(=O)[C@@H]3C2)c2ccc(OC)c(C)c2n1. The zero-order valence-electron chi connectivity index (χ0n) is 24.1. The number of aromatic nitrogens is 1. The van der Waals surface area contributed by atoms with E-state index >= 15 is 0 Å². The number of nitrogens with one attached hydrogen (secondary N) is 1. The van der Waals surface area contributed by atoms with E-state index in [-0.39, 0.29) is 18.2 Å². The van der Waals surface area contributed by atoms with E-state index in [0.717, 1.165) is 30.2 Å². The monoisotopic (exact) mass is 565 g/mol. The molecule has 0 unspecified atom stereocenters. The first-order valence-corrected chi connectivity index (χ1v) is 14.4. The Bertz CT molecular complexity index is 1380. The van der Waals surface area contributed by atoms with Crippen molar-refractivity contribution in [1.29, 1.82) is 0 Å².